The van der Waals surface area contributed by atoms with Crippen molar-refractivity contribution in [1.29, 1.82) is 0 Å². The molecule has 152 valence electrons. The summed E-state index contributed by atoms with van der Waals surface area (Å²) < 4.78 is 5.94. The van der Waals surface area contributed by atoms with Gasteiger partial charge in [-0.25, -0.2) is 0 Å². The number of fused-ring (bicyclic) bond motifs is 3. The van der Waals surface area contributed by atoms with Crippen LogP contribution in [0.3, 0.4) is 0 Å². The van der Waals surface area contributed by atoms with Gasteiger partial charge in [0.25, 0.3) is 0 Å². The second-order valence-electron chi connectivity index (χ2n) is 9.18. The predicted molar refractivity (Wildman–Crippen MR) is 108 cm³/mol. The standard InChI is InChI=1S/C19H33N3O2.2ClH/c1-18(2)16-15(8-5-9-24-16)19(18,20)17(23)21-12-10-13-6-4-7-14(11-12)22(13)3;;/h12-16H,4-11,20H2,1-3H3,(H,21,23);2*1H. The van der Waals surface area contributed by atoms with Crippen molar-refractivity contribution in [3.8, 4) is 0 Å². The Morgan fingerprint density at radius 2 is 1.73 bits per heavy atom. The molecule has 1 amide bonds. The molecule has 3 saturated heterocycles. The molecule has 0 aromatic carbocycles. The Labute approximate surface area is 170 Å². The van der Waals surface area contributed by atoms with E-state index in [1.54, 1.807) is 0 Å². The predicted octanol–water partition coefficient (Wildman–Crippen LogP) is 2.49. The molecular formula is C19H35Cl2N3O2. The van der Waals surface area contributed by atoms with Crippen LogP contribution in [0.4, 0.5) is 0 Å². The van der Waals surface area contributed by atoms with Gasteiger partial charge in [-0.3, -0.25) is 4.79 Å². The molecule has 1 saturated carbocycles. The van der Waals surface area contributed by atoms with Gasteiger partial charge in [0.2, 0.25) is 5.91 Å². The molecule has 3 aliphatic heterocycles. The van der Waals surface area contributed by atoms with Crippen molar-refractivity contribution in [1.82, 2.24) is 10.2 Å². The first kappa shape index (κ1) is 22.2. The van der Waals surface area contributed by atoms with Crippen molar-refractivity contribution in [2.24, 2.45) is 17.1 Å². The summed E-state index contributed by atoms with van der Waals surface area (Å²) in [6.07, 6.45) is 8.15. The Bertz CT molecular complexity index is 519. The molecule has 0 radical (unpaired) electrons. The maximum atomic E-state index is 13.2. The smallest absolute Gasteiger partial charge is 0.241 e. The molecule has 0 spiro atoms. The molecule has 0 aromatic heterocycles. The largest absolute Gasteiger partial charge is 0.377 e. The van der Waals surface area contributed by atoms with Gasteiger partial charge in [-0.05, 0) is 45.6 Å². The van der Waals surface area contributed by atoms with Gasteiger partial charge < -0.3 is 20.7 Å². The number of halogens is 2. The van der Waals surface area contributed by atoms with Crippen LogP contribution >= 0.6 is 24.8 Å². The third-order valence-electron chi connectivity index (χ3n) is 7.74. The molecule has 3 heterocycles. The molecule has 26 heavy (non-hydrogen) atoms. The normalized spacial score (nSPS) is 43.8. The number of piperidine rings is 2. The summed E-state index contributed by atoms with van der Waals surface area (Å²) in [7, 11) is 2.25. The summed E-state index contributed by atoms with van der Waals surface area (Å²) in [4.78, 5) is 15.7. The molecule has 1 aliphatic carbocycles. The van der Waals surface area contributed by atoms with E-state index in [2.05, 4.69) is 31.1 Å². The second kappa shape index (κ2) is 7.75. The van der Waals surface area contributed by atoms with Crippen LogP contribution in [0.2, 0.25) is 0 Å². The van der Waals surface area contributed by atoms with Crippen LogP contribution in [0.25, 0.3) is 0 Å². The van der Waals surface area contributed by atoms with E-state index in [1.165, 1.54) is 19.3 Å². The average Bonchev–Trinajstić information content (AvgIpc) is 2.55. The minimum Gasteiger partial charge on any atom is -0.377 e. The lowest BCUT2D eigenvalue weighted by atomic mass is 9.46. The Morgan fingerprint density at radius 3 is 2.35 bits per heavy atom. The van der Waals surface area contributed by atoms with Crippen LogP contribution in [0.15, 0.2) is 0 Å². The van der Waals surface area contributed by atoms with Crippen LogP contribution in [-0.4, -0.2) is 54.2 Å². The summed E-state index contributed by atoms with van der Waals surface area (Å²) in [5, 5.41) is 3.35. The van der Waals surface area contributed by atoms with Gasteiger partial charge in [0.05, 0.1) is 6.10 Å². The van der Waals surface area contributed by atoms with E-state index in [0.717, 1.165) is 32.3 Å². The molecule has 4 aliphatic rings. The van der Waals surface area contributed by atoms with Gasteiger partial charge in [-0.1, -0.05) is 20.3 Å². The Hall–Kier alpha value is -0.0700. The number of nitrogens with one attached hydrogen (secondary N) is 1. The summed E-state index contributed by atoms with van der Waals surface area (Å²) in [6, 6.07) is 1.53. The van der Waals surface area contributed by atoms with Crippen LogP contribution in [0, 0.1) is 11.3 Å². The molecular weight excluding hydrogens is 373 g/mol. The Balaban J connectivity index is 0.00000121. The van der Waals surface area contributed by atoms with E-state index in [4.69, 9.17) is 10.5 Å². The zero-order valence-corrected chi connectivity index (χ0v) is 17.8. The van der Waals surface area contributed by atoms with Crippen molar-refractivity contribution in [2.75, 3.05) is 13.7 Å². The molecule has 4 fully saturated rings. The van der Waals surface area contributed by atoms with Crippen molar-refractivity contribution >= 4 is 30.7 Å². The molecule has 4 rings (SSSR count). The summed E-state index contributed by atoms with van der Waals surface area (Å²) >= 11 is 0. The molecule has 5 atom stereocenters. The highest BCUT2D eigenvalue weighted by Crippen LogP contribution is 2.57. The van der Waals surface area contributed by atoms with E-state index in [-0.39, 0.29) is 54.2 Å². The summed E-state index contributed by atoms with van der Waals surface area (Å²) in [5.74, 6) is 0.235. The zero-order chi connectivity index (χ0) is 17.1. The fourth-order valence-electron chi connectivity index (χ4n) is 6.08. The van der Waals surface area contributed by atoms with Crippen LogP contribution in [-0.2, 0) is 9.53 Å². The monoisotopic (exact) mass is 407 g/mol. The topological polar surface area (TPSA) is 67.6 Å². The SMILES string of the molecule is CN1C2CCCC1CC(NC(=O)C1(N)C3CCCOC3C1(C)C)C2.Cl.Cl. The number of nitrogens with zero attached hydrogens (tertiary/aromatic N) is 1. The van der Waals surface area contributed by atoms with Crippen LogP contribution < -0.4 is 11.1 Å². The third kappa shape index (κ3) is 3.08. The lowest BCUT2D eigenvalue weighted by molar-refractivity contribution is -0.225. The molecule has 0 aromatic rings. The molecule has 7 heteroatoms. The Kier molecular flexibility index (Phi) is 6.62. The minimum absolute atomic E-state index is 0. The van der Waals surface area contributed by atoms with Gasteiger partial charge in [0, 0.05) is 36.1 Å². The van der Waals surface area contributed by atoms with Gasteiger partial charge in [0.15, 0.2) is 0 Å². The van der Waals surface area contributed by atoms with Crippen LogP contribution in [0.5, 0.6) is 0 Å². The average molecular weight is 408 g/mol. The van der Waals surface area contributed by atoms with Crippen molar-refractivity contribution in [2.45, 2.75) is 88.6 Å². The number of nitrogens with two attached hydrogens (primary N) is 1. The summed E-state index contributed by atoms with van der Waals surface area (Å²) in [6.45, 7) is 5.01. The van der Waals surface area contributed by atoms with E-state index in [1.807, 2.05) is 0 Å². The molecule has 3 N–H and O–H groups in total. The van der Waals surface area contributed by atoms with Gasteiger partial charge in [-0.2, -0.15) is 0 Å². The number of carbonyl (C=O) groups is 1. The molecule has 5 nitrogen and oxygen atoms in total. The highest BCUT2D eigenvalue weighted by Gasteiger charge is 2.70. The number of hydrogen-bond acceptors (Lipinski definition) is 4. The van der Waals surface area contributed by atoms with E-state index < -0.39 is 5.54 Å². The maximum Gasteiger partial charge on any atom is 0.241 e. The highest BCUT2D eigenvalue weighted by molar-refractivity contribution is 5.89. The van der Waals surface area contributed by atoms with E-state index in [0.29, 0.717) is 12.1 Å². The van der Waals surface area contributed by atoms with Crippen LogP contribution in [0.1, 0.15) is 58.8 Å². The summed E-state index contributed by atoms with van der Waals surface area (Å²) in [5.41, 5.74) is 5.67. The maximum absolute atomic E-state index is 13.2. The quantitative estimate of drug-likeness (QED) is 0.737. The van der Waals surface area contributed by atoms with Gasteiger partial charge in [0.1, 0.15) is 5.54 Å². The first-order chi connectivity index (χ1) is 11.4. The van der Waals surface area contributed by atoms with Crippen molar-refractivity contribution in [3.05, 3.63) is 0 Å². The fraction of sp³-hybridized carbons (Fsp3) is 0.947. The second-order valence-corrected chi connectivity index (χ2v) is 9.18. The highest BCUT2D eigenvalue weighted by atomic mass is 35.5. The van der Waals surface area contributed by atoms with E-state index >= 15 is 0 Å². The van der Waals surface area contributed by atoms with Crippen molar-refractivity contribution < 1.29 is 9.53 Å². The van der Waals surface area contributed by atoms with Gasteiger partial charge in [-0.15, -0.1) is 24.8 Å². The number of carbonyl (C=O) groups excluding carboxylic acids is 1. The molecule has 5 unspecified atom stereocenters. The first-order valence-electron chi connectivity index (χ1n) is 9.79. The number of amides is 1. The Morgan fingerprint density at radius 1 is 1.12 bits per heavy atom. The minimum atomic E-state index is -0.781. The van der Waals surface area contributed by atoms with Crippen molar-refractivity contribution in [3.63, 3.8) is 0 Å². The fourth-order valence-corrected chi connectivity index (χ4v) is 6.08. The van der Waals surface area contributed by atoms with E-state index in [9.17, 15) is 4.79 Å². The number of rotatable bonds is 2. The number of ether oxygens (including phenoxy) is 1. The molecule has 2 bridgehead atoms. The number of hydrogen-bond donors (Lipinski definition) is 2. The van der Waals surface area contributed by atoms with Gasteiger partial charge >= 0.3 is 0 Å². The first-order valence-corrected chi connectivity index (χ1v) is 9.79. The lowest BCUT2D eigenvalue weighted by Gasteiger charge is -2.65. The third-order valence-corrected chi connectivity index (χ3v) is 7.74. The lowest BCUT2D eigenvalue weighted by Crippen LogP contribution is -2.82. The zero-order valence-electron chi connectivity index (χ0n) is 16.2.